The smallest absolute Gasteiger partial charge is 0.325 e. The number of nitrogens with zero attached hydrogens (tertiary/aromatic N) is 9. The van der Waals surface area contributed by atoms with Crippen molar-refractivity contribution in [2.75, 3.05) is 5.32 Å². The molecule has 0 unspecified atom stereocenters. The monoisotopic (exact) mass is 600 g/mol. The van der Waals surface area contributed by atoms with Crippen LogP contribution < -0.4 is 10.9 Å². The number of nitrogens with one attached hydrogen (secondary N) is 1. The lowest BCUT2D eigenvalue weighted by molar-refractivity contribution is -0.137. The number of benzene rings is 1. The summed E-state index contributed by atoms with van der Waals surface area (Å²) in [6, 6.07) is 9.54. The maximum absolute atomic E-state index is 13.7. The first kappa shape index (κ1) is 27.9. The first-order chi connectivity index (χ1) is 20.8. The highest BCUT2D eigenvalue weighted by Gasteiger charge is 2.25. The van der Waals surface area contributed by atoms with E-state index in [0.29, 0.717) is 63.9 Å². The zero-order valence-corrected chi connectivity index (χ0v) is 23.6. The largest absolute Gasteiger partial charge is 0.480 e. The van der Waals surface area contributed by atoms with Crippen LogP contribution in [0.3, 0.4) is 0 Å². The summed E-state index contributed by atoms with van der Waals surface area (Å²) in [5.41, 5.74) is 3.25. The molecule has 4 aromatic heterocycles. The molecule has 0 saturated carbocycles. The highest BCUT2D eigenvalue weighted by atomic mass is 35.5. The molecule has 0 fully saturated rings. The molecule has 2 atom stereocenters. The number of carboxylic acids is 1. The molecule has 15 heteroatoms. The minimum atomic E-state index is -1.08. The summed E-state index contributed by atoms with van der Waals surface area (Å²) < 4.78 is 4.29. The highest BCUT2D eigenvalue weighted by molar-refractivity contribution is 6.31. The Morgan fingerprint density at radius 3 is 2.74 bits per heavy atom. The Morgan fingerprint density at radius 1 is 1.12 bits per heavy atom. The average molecular weight is 601 g/mol. The molecule has 0 aliphatic carbocycles. The van der Waals surface area contributed by atoms with E-state index in [9.17, 15) is 19.5 Å². The Hall–Kier alpha value is -5.24. The molecule has 1 amide bonds. The van der Waals surface area contributed by atoms with Crippen molar-refractivity contribution in [3.05, 3.63) is 82.5 Å². The third-order valence-electron chi connectivity index (χ3n) is 7.34. The fourth-order valence-corrected chi connectivity index (χ4v) is 5.39. The molecule has 0 spiro atoms. The third-order valence-corrected chi connectivity index (χ3v) is 7.58. The van der Waals surface area contributed by atoms with Crippen molar-refractivity contribution < 1.29 is 14.7 Å². The second-order valence-electron chi connectivity index (χ2n) is 10.2. The van der Waals surface area contributed by atoms with E-state index in [1.807, 2.05) is 6.92 Å². The van der Waals surface area contributed by atoms with Gasteiger partial charge >= 0.3 is 5.97 Å². The first-order valence-corrected chi connectivity index (χ1v) is 13.8. The number of tetrazole rings is 1. The molecule has 2 N–H and O–H groups in total. The van der Waals surface area contributed by atoms with Gasteiger partial charge in [0.2, 0.25) is 5.91 Å². The standard InChI is InChI=1S/C28H25ClN10O4/c1-16-3-2-4-24(21-9-17(7-8-30-21)27-22(34-28(16)43)12-33-38(27)13-26(41)42)37-14-31-20(11-25(37)40)19-10-18(29)5-6-23(19)39-15-32-35-36-39/h5-12,14-16,24H,2-4,13H2,1H3,(H,34,43)(H,41,42)/t16-,24+/m1/s1. The van der Waals surface area contributed by atoms with Gasteiger partial charge in [-0.15, -0.1) is 5.10 Å². The van der Waals surface area contributed by atoms with E-state index in [-0.39, 0.29) is 17.4 Å². The lowest BCUT2D eigenvalue weighted by atomic mass is 9.97. The van der Waals surface area contributed by atoms with Crippen LogP contribution in [-0.2, 0) is 16.1 Å². The molecular formula is C28H25ClN10O4. The van der Waals surface area contributed by atoms with Crippen molar-refractivity contribution in [1.82, 2.24) is 44.5 Å². The number of amides is 1. The van der Waals surface area contributed by atoms with E-state index in [4.69, 9.17) is 11.6 Å². The molecule has 5 heterocycles. The quantitative estimate of drug-likeness (QED) is 0.304. The van der Waals surface area contributed by atoms with E-state index in [2.05, 4.69) is 35.9 Å². The number of aromatic nitrogens is 9. The van der Waals surface area contributed by atoms with Gasteiger partial charge < -0.3 is 10.4 Å². The summed E-state index contributed by atoms with van der Waals surface area (Å²) in [5.74, 6) is -1.62. The number of carbonyl (C=O) groups is 2. The predicted octanol–water partition coefficient (Wildman–Crippen LogP) is 3.23. The Balaban J connectivity index is 1.44. The Morgan fingerprint density at radius 2 is 1.98 bits per heavy atom. The molecular weight excluding hydrogens is 576 g/mol. The second kappa shape index (κ2) is 11.6. The molecule has 14 nitrogen and oxygen atoms in total. The van der Waals surface area contributed by atoms with Crippen molar-refractivity contribution >= 4 is 29.2 Å². The van der Waals surface area contributed by atoms with E-state index in [0.717, 1.165) is 0 Å². The molecule has 1 aromatic carbocycles. The van der Waals surface area contributed by atoms with Gasteiger partial charge in [0.1, 0.15) is 12.9 Å². The summed E-state index contributed by atoms with van der Waals surface area (Å²) in [7, 11) is 0. The SMILES string of the molecule is C[C@@H]1CCC[C@H](n2cnc(-c3cc(Cl)ccc3-n3cnnn3)cc2=O)c2cc(ccn2)-c2c(cnn2CC(=O)O)NC1=O. The zero-order valence-electron chi connectivity index (χ0n) is 22.8. The van der Waals surface area contributed by atoms with Crippen molar-refractivity contribution in [2.45, 2.75) is 38.8 Å². The number of carbonyl (C=O) groups excluding carboxylic acids is 1. The first-order valence-electron chi connectivity index (χ1n) is 13.4. The van der Waals surface area contributed by atoms with Crippen LogP contribution in [0.4, 0.5) is 5.69 Å². The Labute approximate surface area is 249 Å². The number of hydrogen-bond acceptors (Lipinski definition) is 9. The van der Waals surface area contributed by atoms with Gasteiger partial charge in [-0.3, -0.25) is 28.6 Å². The van der Waals surface area contributed by atoms with Gasteiger partial charge in [0.25, 0.3) is 5.56 Å². The van der Waals surface area contributed by atoms with Crippen LogP contribution in [0.1, 0.15) is 37.9 Å². The van der Waals surface area contributed by atoms with Crippen LogP contribution in [0.2, 0.25) is 5.02 Å². The number of aliphatic carboxylic acids is 1. The van der Waals surface area contributed by atoms with Crippen LogP contribution in [-0.4, -0.2) is 61.5 Å². The van der Waals surface area contributed by atoms with E-state index in [1.165, 1.54) is 38.8 Å². The molecule has 5 aromatic rings. The number of fused-ring (bicyclic) bond motifs is 4. The maximum Gasteiger partial charge on any atom is 0.325 e. The number of carboxylic acid groups (broad SMARTS) is 1. The number of anilines is 1. The van der Waals surface area contributed by atoms with Crippen LogP contribution >= 0.6 is 11.6 Å². The average Bonchev–Trinajstić information content (AvgIpc) is 3.65. The molecule has 218 valence electrons. The van der Waals surface area contributed by atoms with E-state index >= 15 is 0 Å². The van der Waals surface area contributed by atoms with Gasteiger partial charge in [-0.05, 0) is 53.6 Å². The van der Waals surface area contributed by atoms with Crippen LogP contribution in [0, 0.1) is 5.92 Å². The van der Waals surface area contributed by atoms with Gasteiger partial charge in [-0.1, -0.05) is 24.9 Å². The van der Waals surface area contributed by atoms with Crippen LogP contribution in [0.25, 0.3) is 28.2 Å². The minimum Gasteiger partial charge on any atom is -0.480 e. The molecule has 6 rings (SSSR count). The van der Waals surface area contributed by atoms with Crippen molar-refractivity contribution in [3.8, 4) is 28.2 Å². The predicted molar refractivity (Wildman–Crippen MR) is 155 cm³/mol. The normalized spacial score (nSPS) is 16.9. The summed E-state index contributed by atoms with van der Waals surface area (Å²) in [4.78, 5) is 47.5. The van der Waals surface area contributed by atoms with Crippen LogP contribution in [0.5, 0.6) is 0 Å². The van der Waals surface area contributed by atoms with Gasteiger partial charge in [0.15, 0.2) is 0 Å². The lowest BCUT2D eigenvalue weighted by Gasteiger charge is -2.22. The summed E-state index contributed by atoms with van der Waals surface area (Å²) in [6.45, 7) is 1.42. The van der Waals surface area contributed by atoms with Gasteiger partial charge in [-0.2, -0.15) is 9.78 Å². The molecule has 0 radical (unpaired) electrons. The number of rotatable bonds is 5. The fourth-order valence-electron chi connectivity index (χ4n) is 5.22. The summed E-state index contributed by atoms with van der Waals surface area (Å²) in [6.07, 6.45) is 7.63. The fraction of sp³-hybridized carbons (Fsp3) is 0.250. The van der Waals surface area contributed by atoms with E-state index < -0.39 is 18.6 Å². The third kappa shape index (κ3) is 5.64. The zero-order chi connectivity index (χ0) is 30.1. The topological polar surface area (TPSA) is 176 Å². The molecule has 1 aliphatic rings. The summed E-state index contributed by atoms with van der Waals surface area (Å²) in [5, 5.41) is 28.4. The van der Waals surface area contributed by atoms with Gasteiger partial charge in [0.05, 0.1) is 47.0 Å². The van der Waals surface area contributed by atoms with Crippen molar-refractivity contribution in [1.29, 1.82) is 0 Å². The Bertz CT molecular complexity index is 1880. The highest BCUT2D eigenvalue weighted by Crippen LogP contribution is 2.33. The molecule has 43 heavy (non-hydrogen) atoms. The van der Waals surface area contributed by atoms with Crippen molar-refractivity contribution in [3.63, 3.8) is 0 Å². The van der Waals surface area contributed by atoms with Gasteiger partial charge in [0, 0.05) is 34.3 Å². The van der Waals surface area contributed by atoms with Crippen LogP contribution in [0.15, 0.2) is 66.2 Å². The van der Waals surface area contributed by atoms with Crippen molar-refractivity contribution in [2.24, 2.45) is 5.92 Å². The molecule has 1 aliphatic heterocycles. The molecule has 2 bridgehead atoms. The van der Waals surface area contributed by atoms with E-state index in [1.54, 1.807) is 36.5 Å². The minimum absolute atomic E-state index is 0.203. The summed E-state index contributed by atoms with van der Waals surface area (Å²) >= 11 is 6.29. The number of pyridine rings is 1. The molecule has 0 saturated heterocycles. The number of hydrogen-bond donors (Lipinski definition) is 2. The van der Waals surface area contributed by atoms with Gasteiger partial charge in [-0.25, -0.2) is 4.98 Å². The lowest BCUT2D eigenvalue weighted by Crippen LogP contribution is -2.27. The Kier molecular flexibility index (Phi) is 7.50. The second-order valence-corrected chi connectivity index (χ2v) is 10.6. The maximum atomic E-state index is 13.7. The number of halogens is 1.